The molecule has 1 aromatic rings. The van der Waals surface area contributed by atoms with E-state index < -0.39 is 61.2 Å². The van der Waals surface area contributed by atoms with Gasteiger partial charge < -0.3 is 36.2 Å². The molecule has 26 heavy (non-hydrogen) atoms. The number of hydrogen-bond donors (Lipinski definition) is 6. The van der Waals surface area contributed by atoms with Crippen LogP contribution in [0, 0.1) is 0 Å². The van der Waals surface area contributed by atoms with Gasteiger partial charge in [0.15, 0.2) is 12.3 Å². The molecule has 8 N–H and O–H groups in total. The second-order valence-corrected chi connectivity index (χ2v) is 5.52. The Labute approximate surface area is 147 Å². The fourth-order valence-corrected chi connectivity index (χ4v) is 2.29. The first kappa shape index (κ1) is 21.7. The number of ether oxygens (including phenoxy) is 1. The molecule has 2 heterocycles. The fourth-order valence-electron chi connectivity index (χ4n) is 2.29. The van der Waals surface area contributed by atoms with E-state index in [2.05, 4.69) is 16.0 Å². The van der Waals surface area contributed by atoms with Gasteiger partial charge in [-0.05, 0) is 6.07 Å². The Morgan fingerprint density at radius 1 is 1.38 bits per heavy atom. The molecule has 5 atom stereocenters. The van der Waals surface area contributed by atoms with Crippen LogP contribution in [0.15, 0.2) is 17.1 Å². The van der Waals surface area contributed by atoms with E-state index in [1.54, 1.807) is 0 Å². The van der Waals surface area contributed by atoms with E-state index in [0.29, 0.717) is 0 Å². The van der Waals surface area contributed by atoms with Gasteiger partial charge in [0.25, 0.3) is 0 Å². The zero-order valence-corrected chi connectivity index (χ0v) is 13.0. The lowest BCUT2D eigenvalue weighted by molar-refractivity contribution is -0.406. The summed E-state index contributed by atoms with van der Waals surface area (Å²) in [6, 6.07) is 0.103. The standard InChI is InChI=1S/C13H18N4O8.CH4/c14-5(12(22)23)3-8(19)15-7-1-2-17(13(24)16-7)11-10(21)9(20)6(4-18)25-11;/h1-2,5-6,9-11,18,20-21H,3-4,14H2,(H,22,23)(H,15,16,19,24);1H4/p+1/t5-,6+,9-,10?,11+;/m0./s1. The zero-order valence-electron chi connectivity index (χ0n) is 13.0. The summed E-state index contributed by atoms with van der Waals surface area (Å²) in [4.78, 5) is 38.0. The molecule has 2 rings (SSSR count). The second kappa shape index (κ2) is 8.82. The van der Waals surface area contributed by atoms with Crippen molar-refractivity contribution in [3.63, 3.8) is 0 Å². The molecule has 1 aliphatic heterocycles. The Kier molecular flexibility index (Phi) is 7.35. The van der Waals surface area contributed by atoms with Crippen molar-refractivity contribution < 1.29 is 40.5 Å². The Hall–Kier alpha value is -2.38. The van der Waals surface area contributed by atoms with Crippen LogP contribution in [0.25, 0.3) is 0 Å². The van der Waals surface area contributed by atoms with Crippen molar-refractivity contribution in [2.75, 3.05) is 11.9 Å². The molecule has 1 unspecified atom stereocenters. The summed E-state index contributed by atoms with van der Waals surface area (Å²) in [6.07, 6.45) is -4.31. The van der Waals surface area contributed by atoms with Crippen molar-refractivity contribution in [2.24, 2.45) is 0 Å². The third-order valence-electron chi connectivity index (χ3n) is 3.67. The highest BCUT2D eigenvalue weighted by molar-refractivity contribution is 5.92. The lowest BCUT2D eigenvalue weighted by atomic mass is 10.1. The average molecular weight is 375 g/mol. The molecule has 146 valence electrons. The number of quaternary nitrogens is 1. The normalized spacial score (nSPS) is 26.0. The van der Waals surface area contributed by atoms with Gasteiger partial charge in [-0.15, -0.1) is 0 Å². The van der Waals surface area contributed by atoms with Gasteiger partial charge in [0.1, 0.15) is 24.1 Å². The Bertz CT molecular complexity index is 708. The van der Waals surface area contributed by atoms with E-state index in [1.807, 2.05) is 0 Å². The minimum Gasteiger partial charge on any atom is -0.477 e. The molecular weight excluding hydrogens is 352 g/mol. The summed E-state index contributed by atoms with van der Waals surface area (Å²) in [5.41, 5.74) is 2.42. The number of rotatable bonds is 6. The number of aliphatic carboxylic acids is 1. The number of carboxylic acids is 1. The van der Waals surface area contributed by atoms with Gasteiger partial charge >= 0.3 is 11.7 Å². The molecule has 12 nitrogen and oxygen atoms in total. The first-order valence-corrected chi connectivity index (χ1v) is 7.32. The van der Waals surface area contributed by atoms with Gasteiger partial charge in [0.2, 0.25) is 5.91 Å². The lowest BCUT2D eigenvalue weighted by Gasteiger charge is -2.17. The molecule has 12 heteroatoms. The van der Waals surface area contributed by atoms with Gasteiger partial charge in [-0.3, -0.25) is 9.36 Å². The van der Waals surface area contributed by atoms with Gasteiger partial charge in [-0.1, -0.05) is 7.43 Å². The predicted molar refractivity (Wildman–Crippen MR) is 85.8 cm³/mol. The number of carboxylic acid groups (broad SMARTS) is 1. The van der Waals surface area contributed by atoms with Crippen molar-refractivity contribution in [1.82, 2.24) is 9.55 Å². The summed E-state index contributed by atoms with van der Waals surface area (Å²) >= 11 is 0. The van der Waals surface area contributed by atoms with Crippen LogP contribution >= 0.6 is 0 Å². The number of hydrogen-bond acceptors (Lipinski definition) is 8. The van der Waals surface area contributed by atoms with E-state index in [9.17, 15) is 24.6 Å². The SMILES string of the molecule is C.[NH3+][C@@H](CC(=O)Nc1ccn([C@@H]2O[C@H](CO)[C@H](O)C2O)c(=O)n1)C(=O)O. The number of carbonyl (C=O) groups excluding carboxylic acids is 1. The first-order valence-electron chi connectivity index (χ1n) is 7.32. The van der Waals surface area contributed by atoms with Crippen molar-refractivity contribution in [1.29, 1.82) is 0 Å². The van der Waals surface area contributed by atoms with Gasteiger partial charge in [-0.2, -0.15) is 4.98 Å². The maximum absolute atomic E-state index is 12.0. The number of amides is 1. The van der Waals surface area contributed by atoms with E-state index >= 15 is 0 Å². The zero-order chi connectivity index (χ0) is 18.7. The monoisotopic (exact) mass is 375 g/mol. The molecular formula is C14H23N4O8+. The van der Waals surface area contributed by atoms with Crippen molar-refractivity contribution in [3.8, 4) is 0 Å². The number of aliphatic hydroxyl groups excluding tert-OH is 3. The lowest BCUT2D eigenvalue weighted by Crippen LogP contribution is -2.65. The summed E-state index contributed by atoms with van der Waals surface area (Å²) in [5, 5.41) is 39.6. The van der Waals surface area contributed by atoms with E-state index in [0.717, 1.165) is 4.57 Å². The molecule has 1 amide bonds. The molecule has 1 fully saturated rings. The van der Waals surface area contributed by atoms with E-state index in [-0.39, 0.29) is 13.2 Å². The van der Waals surface area contributed by atoms with Crippen LogP contribution in [0.2, 0.25) is 0 Å². The molecule has 1 saturated heterocycles. The van der Waals surface area contributed by atoms with Crippen LogP contribution in [0.4, 0.5) is 5.82 Å². The quantitative estimate of drug-likeness (QED) is 0.292. The highest BCUT2D eigenvalue weighted by Gasteiger charge is 2.43. The van der Waals surface area contributed by atoms with Crippen LogP contribution in [-0.4, -0.2) is 72.8 Å². The molecule has 0 radical (unpaired) electrons. The number of nitrogens with one attached hydrogen (secondary N) is 1. The van der Waals surface area contributed by atoms with Crippen molar-refractivity contribution >= 4 is 17.7 Å². The number of anilines is 1. The first-order chi connectivity index (χ1) is 11.7. The molecule has 1 aromatic heterocycles. The smallest absolute Gasteiger partial charge is 0.362 e. The number of carbonyl (C=O) groups is 2. The highest BCUT2D eigenvalue weighted by Crippen LogP contribution is 2.28. The molecule has 0 bridgehead atoms. The third kappa shape index (κ3) is 4.62. The van der Waals surface area contributed by atoms with E-state index in [1.165, 1.54) is 12.3 Å². The van der Waals surface area contributed by atoms with Gasteiger partial charge in [0, 0.05) is 6.20 Å². The topological polar surface area (TPSA) is 199 Å². The number of nitrogens with zero attached hydrogens (tertiary/aromatic N) is 2. The molecule has 0 aliphatic carbocycles. The minimum atomic E-state index is -1.44. The Morgan fingerprint density at radius 3 is 2.54 bits per heavy atom. The Morgan fingerprint density at radius 2 is 2.04 bits per heavy atom. The summed E-state index contributed by atoms with van der Waals surface area (Å²) < 4.78 is 6.12. The molecule has 0 spiro atoms. The largest absolute Gasteiger partial charge is 0.477 e. The third-order valence-corrected chi connectivity index (χ3v) is 3.67. The second-order valence-electron chi connectivity index (χ2n) is 5.52. The van der Waals surface area contributed by atoms with Crippen molar-refractivity contribution in [3.05, 3.63) is 22.7 Å². The number of aromatic nitrogens is 2. The average Bonchev–Trinajstić information content (AvgIpc) is 2.82. The van der Waals surface area contributed by atoms with Crippen LogP contribution in [0.5, 0.6) is 0 Å². The summed E-state index contributed by atoms with van der Waals surface area (Å²) in [6.45, 7) is -0.541. The predicted octanol–water partition coefficient (Wildman–Crippen LogP) is -3.49. The van der Waals surface area contributed by atoms with Crippen LogP contribution < -0.4 is 16.7 Å². The van der Waals surface area contributed by atoms with E-state index in [4.69, 9.17) is 14.9 Å². The molecule has 1 aliphatic rings. The maximum atomic E-state index is 12.0. The molecule has 0 aromatic carbocycles. The van der Waals surface area contributed by atoms with Crippen molar-refractivity contribution in [2.45, 2.75) is 44.4 Å². The minimum absolute atomic E-state index is 0. The summed E-state index contributed by atoms with van der Waals surface area (Å²) in [7, 11) is 0. The maximum Gasteiger partial charge on any atom is 0.362 e. The van der Waals surface area contributed by atoms with Crippen LogP contribution in [-0.2, 0) is 14.3 Å². The highest BCUT2D eigenvalue weighted by atomic mass is 16.6. The Balaban J connectivity index is 0.00000338. The summed E-state index contributed by atoms with van der Waals surface area (Å²) in [5.74, 6) is -2.03. The van der Waals surface area contributed by atoms with Crippen LogP contribution in [0.1, 0.15) is 20.1 Å². The van der Waals surface area contributed by atoms with Gasteiger partial charge in [0.05, 0.1) is 13.0 Å². The number of aliphatic hydroxyl groups is 3. The van der Waals surface area contributed by atoms with Crippen LogP contribution in [0.3, 0.4) is 0 Å². The fraction of sp³-hybridized carbons (Fsp3) is 0.571. The van der Waals surface area contributed by atoms with Gasteiger partial charge in [-0.25, -0.2) is 9.59 Å². The molecule has 0 saturated carbocycles.